The standard InChI is InChI=1S/C16H10F3N3O3/c17-16(18,19)25-14-7-5-12(6-8-14)21-9-15(20-10-21)11-1-3-13(4-2-11)22(23)24/h1-10H. The van der Waals surface area contributed by atoms with E-state index in [9.17, 15) is 23.3 Å². The monoisotopic (exact) mass is 349 g/mol. The van der Waals surface area contributed by atoms with Gasteiger partial charge in [0.25, 0.3) is 5.69 Å². The lowest BCUT2D eigenvalue weighted by Crippen LogP contribution is -2.17. The highest BCUT2D eigenvalue weighted by Gasteiger charge is 2.30. The molecule has 0 atom stereocenters. The van der Waals surface area contributed by atoms with Gasteiger partial charge in [0.2, 0.25) is 0 Å². The molecule has 0 aliphatic heterocycles. The van der Waals surface area contributed by atoms with E-state index in [1.165, 1.54) is 42.7 Å². The van der Waals surface area contributed by atoms with Gasteiger partial charge in [-0.15, -0.1) is 13.2 Å². The van der Waals surface area contributed by atoms with Crippen LogP contribution in [0.15, 0.2) is 61.1 Å². The van der Waals surface area contributed by atoms with Crippen LogP contribution in [-0.4, -0.2) is 20.8 Å². The first-order chi connectivity index (χ1) is 11.8. The number of nitro groups is 1. The fraction of sp³-hybridized carbons (Fsp3) is 0.0625. The quantitative estimate of drug-likeness (QED) is 0.519. The number of aromatic nitrogens is 2. The van der Waals surface area contributed by atoms with Gasteiger partial charge in [0.05, 0.1) is 16.9 Å². The number of rotatable bonds is 4. The number of alkyl halides is 3. The van der Waals surface area contributed by atoms with Crippen LogP contribution in [0.1, 0.15) is 0 Å². The van der Waals surface area contributed by atoms with Crippen LogP contribution in [-0.2, 0) is 0 Å². The van der Waals surface area contributed by atoms with E-state index in [1.807, 2.05) is 0 Å². The summed E-state index contributed by atoms with van der Waals surface area (Å²) in [6, 6.07) is 11.2. The molecule has 0 unspecified atom stereocenters. The molecule has 25 heavy (non-hydrogen) atoms. The van der Waals surface area contributed by atoms with Gasteiger partial charge in [0, 0.05) is 29.6 Å². The third kappa shape index (κ3) is 3.94. The van der Waals surface area contributed by atoms with E-state index in [1.54, 1.807) is 22.9 Å². The van der Waals surface area contributed by atoms with Crippen LogP contribution in [0.2, 0.25) is 0 Å². The zero-order chi connectivity index (χ0) is 18.0. The summed E-state index contributed by atoms with van der Waals surface area (Å²) in [5, 5.41) is 10.7. The SMILES string of the molecule is O=[N+]([O-])c1ccc(-c2cn(-c3ccc(OC(F)(F)F)cc3)cn2)cc1. The number of hydrogen-bond donors (Lipinski definition) is 0. The third-order valence-electron chi connectivity index (χ3n) is 3.32. The summed E-state index contributed by atoms with van der Waals surface area (Å²) in [7, 11) is 0. The van der Waals surface area contributed by atoms with E-state index in [0.717, 1.165) is 0 Å². The van der Waals surface area contributed by atoms with Crippen molar-refractivity contribution >= 4 is 5.69 Å². The van der Waals surface area contributed by atoms with E-state index >= 15 is 0 Å². The molecule has 6 nitrogen and oxygen atoms in total. The Morgan fingerprint density at radius 3 is 2.24 bits per heavy atom. The first-order valence-electron chi connectivity index (χ1n) is 6.97. The first-order valence-corrected chi connectivity index (χ1v) is 6.97. The lowest BCUT2D eigenvalue weighted by atomic mass is 10.1. The number of nitro benzene ring substituents is 1. The molecule has 0 radical (unpaired) electrons. The summed E-state index contributed by atoms with van der Waals surface area (Å²) in [4.78, 5) is 14.4. The van der Waals surface area contributed by atoms with Gasteiger partial charge in [-0.1, -0.05) is 0 Å². The number of ether oxygens (including phenoxy) is 1. The van der Waals surface area contributed by atoms with E-state index in [0.29, 0.717) is 16.9 Å². The van der Waals surface area contributed by atoms with Crippen LogP contribution in [0.5, 0.6) is 5.75 Å². The number of halogens is 3. The van der Waals surface area contributed by atoms with Crippen molar-refractivity contribution in [3.05, 3.63) is 71.2 Å². The summed E-state index contributed by atoms with van der Waals surface area (Å²) in [6.07, 6.45) is -1.57. The molecule has 0 N–H and O–H groups in total. The van der Waals surface area contributed by atoms with Gasteiger partial charge >= 0.3 is 6.36 Å². The van der Waals surface area contributed by atoms with Crippen molar-refractivity contribution in [2.45, 2.75) is 6.36 Å². The van der Waals surface area contributed by atoms with Gasteiger partial charge in [-0.05, 0) is 36.4 Å². The van der Waals surface area contributed by atoms with Gasteiger partial charge < -0.3 is 9.30 Å². The summed E-state index contributed by atoms with van der Waals surface area (Å²) >= 11 is 0. The predicted octanol–water partition coefficient (Wildman–Crippen LogP) is 4.35. The Labute approximate surface area is 139 Å². The van der Waals surface area contributed by atoms with E-state index in [2.05, 4.69) is 9.72 Å². The van der Waals surface area contributed by atoms with E-state index < -0.39 is 11.3 Å². The Kier molecular flexibility index (Phi) is 4.14. The molecule has 3 aromatic rings. The molecule has 0 saturated heterocycles. The lowest BCUT2D eigenvalue weighted by Gasteiger charge is -2.09. The number of benzene rings is 2. The molecule has 2 aromatic carbocycles. The van der Waals surface area contributed by atoms with Crippen molar-refractivity contribution in [2.75, 3.05) is 0 Å². The maximum atomic E-state index is 12.2. The van der Waals surface area contributed by atoms with E-state index in [4.69, 9.17) is 0 Å². The van der Waals surface area contributed by atoms with Gasteiger partial charge in [0.15, 0.2) is 0 Å². The summed E-state index contributed by atoms with van der Waals surface area (Å²) < 4.78 is 41.9. The molecule has 0 fully saturated rings. The maximum absolute atomic E-state index is 12.2. The minimum absolute atomic E-state index is 0.0246. The largest absolute Gasteiger partial charge is 0.573 e. The molecule has 0 saturated carbocycles. The fourth-order valence-electron chi connectivity index (χ4n) is 2.19. The average molecular weight is 349 g/mol. The van der Waals surface area contributed by atoms with E-state index in [-0.39, 0.29) is 11.4 Å². The molecule has 0 spiro atoms. The molecule has 1 heterocycles. The molecule has 1 aromatic heterocycles. The smallest absolute Gasteiger partial charge is 0.406 e. The second-order valence-corrected chi connectivity index (χ2v) is 5.01. The highest BCUT2D eigenvalue weighted by molar-refractivity contribution is 5.60. The highest BCUT2D eigenvalue weighted by Crippen LogP contribution is 2.25. The number of hydrogen-bond acceptors (Lipinski definition) is 4. The Bertz CT molecular complexity index is 887. The van der Waals surface area contributed by atoms with Gasteiger partial charge in [-0.2, -0.15) is 0 Å². The number of nitrogens with zero attached hydrogens (tertiary/aromatic N) is 3. The van der Waals surface area contributed by atoms with Crippen molar-refractivity contribution in [3.8, 4) is 22.7 Å². The summed E-state index contributed by atoms with van der Waals surface area (Å²) in [6.45, 7) is 0. The Hall–Kier alpha value is -3.36. The molecule has 0 aliphatic rings. The zero-order valence-electron chi connectivity index (χ0n) is 12.5. The Morgan fingerprint density at radius 2 is 1.68 bits per heavy atom. The van der Waals surface area contributed by atoms with Gasteiger partial charge in [0.1, 0.15) is 5.75 Å². The molecule has 0 bridgehead atoms. The Morgan fingerprint density at radius 1 is 1.04 bits per heavy atom. The van der Waals surface area contributed by atoms with Crippen LogP contribution in [0.4, 0.5) is 18.9 Å². The van der Waals surface area contributed by atoms with Crippen LogP contribution in [0.3, 0.4) is 0 Å². The number of imidazole rings is 1. The van der Waals surface area contributed by atoms with Gasteiger partial charge in [-0.3, -0.25) is 10.1 Å². The minimum Gasteiger partial charge on any atom is -0.406 e. The average Bonchev–Trinajstić information content (AvgIpc) is 3.04. The topological polar surface area (TPSA) is 70.2 Å². The second-order valence-electron chi connectivity index (χ2n) is 5.01. The van der Waals surface area contributed by atoms with Crippen molar-refractivity contribution in [3.63, 3.8) is 0 Å². The van der Waals surface area contributed by atoms with Crippen LogP contribution in [0.25, 0.3) is 16.9 Å². The predicted molar refractivity (Wildman–Crippen MR) is 82.3 cm³/mol. The normalized spacial score (nSPS) is 11.3. The molecule has 3 rings (SSSR count). The minimum atomic E-state index is -4.74. The molecule has 9 heteroatoms. The van der Waals surface area contributed by atoms with Crippen molar-refractivity contribution in [1.29, 1.82) is 0 Å². The lowest BCUT2D eigenvalue weighted by molar-refractivity contribution is -0.384. The zero-order valence-corrected chi connectivity index (χ0v) is 12.5. The number of non-ortho nitro benzene ring substituents is 1. The fourth-order valence-corrected chi connectivity index (χ4v) is 2.19. The maximum Gasteiger partial charge on any atom is 0.573 e. The molecular weight excluding hydrogens is 339 g/mol. The highest BCUT2D eigenvalue weighted by atomic mass is 19.4. The van der Waals surface area contributed by atoms with Crippen LogP contribution >= 0.6 is 0 Å². The second kappa shape index (κ2) is 6.27. The first kappa shape index (κ1) is 16.5. The third-order valence-corrected chi connectivity index (χ3v) is 3.32. The molecule has 0 amide bonds. The van der Waals surface area contributed by atoms with Crippen molar-refractivity contribution < 1.29 is 22.8 Å². The van der Waals surface area contributed by atoms with Crippen LogP contribution in [0, 0.1) is 10.1 Å². The van der Waals surface area contributed by atoms with Crippen molar-refractivity contribution in [1.82, 2.24) is 9.55 Å². The summed E-state index contributed by atoms with van der Waals surface area (Å²) in [5.74, 6) is -0.313. The van der Waals surface area contributed by atoms with Crippen LogP contribution < -0.4 is 4.74 Å². The molecular formula is C16H10F3N3O3. The van der Waals surface area contributed by atoms with Gasteiger partial charge in [-0.25, -0.2) is 4.98 Å². The Balaban J connectivity index is 1.80. The van der Waals surface area contributed by atoms with Crippen molar-refractivity contribution in [2.24, 2.45) is 0 Å². The molecule has 0 aliphatic carbocycles. The summed E-state index contributed by atoms with van der Waals surface area (Å²) in [5.41, 5.74) is 1.82. The molecule has 128 valence electrons.